The Hall–Kier alpha value is -1.75. The SMILES string of the molecule is FC(F)C(F)c1oc2ccccc2c1-c1ccccc1Br. The Morgan fingerprint density at radius 1 is 0.905 bits per heavy atom. The number of benzene rings is 2. The van der Waals surface area contributed by atoms with Gasteiger partial charge < -0.3 is 4.42 Å². The Morgan fingerprint density at radius 3 is 2.29 bits per heavy atom. The first-order chi connectivity index (χ1) is 10.1. The van der Waals surface area contributed by atoms with Gasteiger partial charge in [0.2, 0.25) is 6.17 Å². The van der Waals surface area contributed by atoms with Gasteiger partial charge >= 0.3 is 0 Å². The zero-order valence-corrected chi connectivity index (χ0v) is 12.3. The maximum Gasteiger partial charge on any atom is 0.276 e. The van der Waals surface area contributed by atoms with Crippen molar-refractivity contribution in [2.45, 2.75) is 12.6 Å². The standard InChI is InChI=1S/C16H10BrF3O/c17-11-7-3-1-5-9(11)13-10-6-2-4-8-12(10)21-15(13)14(18)16(19)20/h1-8,14,16H. The molecule has 0 amide bonds. The zero-order chi connectivity index (χ0) is 15.0. The van der Waals surface area contributed by atoms with Crippen LogP contribution >= 0.6 is 15.9 Å². The fraction of sp³-hybridized carbons (Fsp3) is 0.125. The average molecular weight is 355 g/mol. The first-order valence-electron chi connectivity index (χ1n) is 6.28. The van der Waals surface area contributed by atoms with Crippen molar-refractivity contribution in [2.24, 2.45) is 0 Å². The van der Waals surface area contributed by atoms with Crippen molar-refractivity contribution < 1.29 is 17.6 Å². The van der Waals surface area contributed by atoms with E-state index in [2.05, 4.69) is 15.9 Å². The molecule has 1 unspecified atom stereocenters. The third-order valence-corrected chi connectivity index (χ3v) is 3.93. The predicted octanol–water partition coefficient (Wildman–Crippen LogP) is 6.14. The summed E-state index contributed by atoms with van der Waals surface area (Å²) in [5.41, 5.74) is 1.38. The van der Waals surface area contributed by atoms with E-state index in [0.717, 1.165) is 0 Å². The van der Waals surface area contributed by atoms with Gasteiger partial charge in [-0.2, -0.15) is 0 Å². The molecule has 0 aliphatic carbocycles. The quantitative estimate of drug-likeness (QED) is 0.550. The molecule has 0 aliphatic rings. The highest BCUT2D eigenvalue weighted by Gasteiger charge is 2.30. The van der Waals surface area contributed by atoms with E-state index in [1.54, 1.807) is 48.5 Å². The van der Waals surface area contributed by atoms with Crippen molar-refractivity contribution in [1.29, 1.82) is 0 Å². The highest BCUT2D eigenvalue weighted by Crippen LogP contribution is 2.43. The maximum absolute atomic E-state index is 13.9. The van der Waals surface area contributed by atoms with Gasteiger partial charge in [-0.1, -0.05) is 52.3 Å². The minimum absolute atomic E-state index is 0.335. The molecule has 1 heterocycles. The van der Waals surface area contributed by atoms with Crippen molar-refractivity contribution >= 4 is 26.9 Å². The Labute approximate surface area is 127 Å². The number of alkyl halides is 3. The van der Waals surface area contributed by atoms with E-state index in [0.29, 0.717) is 26.6 Å². The van der Waals surface area contributed by atoms with Crippen LogP contribution in [-0.2, 0) is 0 Å². The molecule has 0 spiro atoms. The van der Waals surface area contributed by atoms with Crippen LogP contribution in [0.3, 0.4) is 0 Å². The van der Waals surface area contributed by atoms with Crippen molar-refractivity contribution in [3.63, 3.8) is 0 Å². The van der Waals surface area contributed by atoms with E-state index < -0.39 is 12.6 Å². The number of furan rings is 1. The van der Waals surface area contributed by atoms with Crippen molar-refractivity contribution in [3.8, 4) is 11.1 Å². The van der Waals surface area contributed by atoms with Crippen LogP contribution in [0.1, 0.15) is 11.9 Å². The zero-order valence-electron chi connectivity index (χ0n) is 10.7. The molecule has 0 saturated heterocycles. The van der Waals surface area contributed by atoms with E-state index in [4.69, 9.17) is 4.42 Å². The number of fused-ring (bicyclic) bond motifs is 1. The summed E-state index contributed by atoms with van der Waals surface area (Å²) in [6.45, 7) is 0. The predicted molar refractivity (Wildman–Crippen MR) is 79.2 cm³/mol. The van der Waals surface area contributed by atoms with Crippen molar-refractivity contribution in [2.75, 3.05) is 0 Å². The molecule has 0 radical (unpaired) electrons. The van der Waals surface area contributed by atoms with E-state index in [1.165, 1.54) is 0 Å². The van der Waals surface area contributed by atoms with Crippen LogP contribution < -0.4 is 0 Å². The molecule has 1 nitrogen and oxygen atoms in total. The molecule has 21 heavy (non-hydrogen) atoms. The van der Waals surface area contributed by atoms with Crippen LogP contribution in [-0.4, -0.2) is 6.43 Å². The molecular weight excluding hydrogens is 345 g/mol. The summed E-state index contributed by atoms with van der Waals surface area (Å²) in [6.07, 6.45) is -5.59. The molecular formula is C16H10BrF3O. The van der Waals surface area contributed by atoms with Gasteiger partial charge in [0.15, 0.2) is 5.76 Å². The minimum Gasteiger partial charge on any atom is -0.457 e. The summed E-state index contributed by atoms with van der Waals surface area (Å²) < 4.78 is 45.5. The number of rotatable bonds is 3. The van der Waals surface area contributed by atoms with Crippen molar-refractivity contribution in [1.82, 2.24) is 0 Å². The molecule has 1 aromatic heterocycles. The lowest BCUT2D eigenvalue weighted by Crippen LogP contribution is -2.03. The van der Waals surface area contributed by atoms with Crippen molar-refractivity contribution in [3.05, 3.63) is 58.8 Å². The summed E-state index contributed by atoms with van der Waals surface area (Å²) in [4.78, 5) is 0. The molecule has 3 aromatic rings. The normalized spacial score (nSPS) is 13.0. The number of para-hydroxylation sites is 1. The molecule has 1 atom stereocenters. The van der Waals surface area contributed by atoms with Crippen LogP contribution in [0.15, 0.2) is 57.4 Å². The van der Waals surface area contributed by atoms with Gasteiger partial charge in [-0.3, -0.25) is 0 Å². The summed E-state index contributed by atoms with van der Waals surface area (Å²) in [5.74, 6) is -0.335. The van der Waals surface area contributed by atoms with Crippen LogP contribution in [0.4, 0.5) is 13.2 Å². The van der Waals surface area contributed by atoms with Gasteiger partial charge in [-0.15, -0.1) is 0 Å². The second kappa shape index (κ2) is 5.56. The van der Waals surface area contributed by atoms with Crippen LogP contribution in [0.5, 0.6) is 0 Å². The lowest BCUT2D eigenvalue weighted by atomic mass is 10.0. The maximum atomic E-state index is 13.9. The van der Waals surface area contributed by atoms with Gasteiger partial charge in [0.25, 0.3) is 6.43 Å². The highest BCUT2D eigenvalue weighted by molar-refractivity contribution is 9.10. The van der Waals surface area contributed by atoms with E-state index in [1.807, 2.05) is 0 Å². The third-order valence-electron chi connectivity index (χ3n) is 3.24. The Balaban J connectivity index is 2.33. The summed E-state index contributed by atoms with van der Waals surface area (Å²) >= 11 is 3.37. The van der Waals surface area contributed by atoms with Gasteiger partial charge in [0.05, 0.1) is 0 Å². The van der Waals surface area contributed by atoms with Gasteiger partial charge in [0, 0.05) is 21.0 Å². The second-order valence-corrected chi connectivity index (χ2v) is 5.41. The fourth-order valence-corrected chi connectivity index (χ4v) is 2.80. The second-order valence-electron chi connectivity index (χ2n) is 4.55. The fourth-order valence-electron chi connectivity index (χ4n) is 2.31. The summed E-state index contributed by atoms with van der Waals surface area (Å²) in [5, 5.41) is 0.614. The first-order valence-corrected chi connectivity index (χ1v) is 7.07. The van der Waals surface area contributed by atoms with E-state index in [9.17, 15) is 13.2 Å². The first kappa shape index (κ1) is 14.2. The Bertz CT molecular complexity index is 782. The molecule has 2 aromatic carbocycles. The molecule has 0 aliphatic heterocycles. The smallest absolute Gasteiger partial charge is 0.276 e. The number of halogens is 4. The molecule has 0 saturated carbocycles. The van der Waals surface area contributed by atoms with Crippen LogP contribution in [0.2, 0.25) is 0 Å². The monoisotopic (exact) mass is 354 g/mol. The molecule has 108 valence electrons. The average Bonchev–Trinajstić information content (AvgIpc) is 2.86. The molecule has 0 fully saturated rings. The Morgan fingerprint density at radius 2 is 1.57 bits per heavy atom. The lowest BCUT2D eigenvalue weighted by molar-refractivity contribution is 0.0389. The molecule has 0 bridgehead atoms. The third kappa shape index (κ3) is 2.46. The summed E-state index contributed by atoms with van der Waals surface area (Å²) in [6, 6.07) is 13.9. The lowest BCUT2D eigenvalue weighted by Gasteiger charge is -2.09. The van der Waals surface area contributed by atoms with Crippen LogP contribution in [0, 0.1) is 0 Å². The number of hydrogen-bond donors (Lipinski definition) is 0. The molecule has 5 heteroatoms. The highest BCUT2D eigenvalue weighted by atomic mass is 79.9. The molecule has 0 N–H and O–H groups in total. The van der Waals surface area contributed by atoms with Crippen LogP contribution in [0.25, 0.3) is 22.1 Å². The van der Waals surface area contributed by atoms with E-state index >= 15 is 0 Å². The van der Waals surface area contributed by atoms with Gasteiger partial charge in [-0.05, 0) is 12.1 Å². The largest absolute Gasteiger partial charge is 0.457 e. The minimum atomic E-state index is -3.13. The summed E-state index contributed by atoms with van der Waals surface area (Å²) in [7, 11) is 0. The van der Waals surface area contributed by atoms with Gasteiger partial charge in [0.1, 0.15) is 5.58 Å². The topological polar surface area (TPSA) is 13.1 Å². The van der Waals surface area contributed by atoms with Gasteiger partial charge in [-0.25, -0.2) is 13.2 Å². The Kier molecular flexibility index (Phi) is 3.76. The molecule has 3 rings (SSSR count). The van der Waals surface area contributed by atoms with E-state index in [-0.39, 0.29) is 5.76 Å². The number of hydrogen-bond acceptors (Lipinski definition) is 1.